The van der Waals surface area contributed by atoms with Crippen molar-refractivity contribution in [3.05, 3.63) is 48.6 Å². The van der Waals surface area contributed by atoms with Crippen LogP contribution in [0.25, 0.3) is 0 Å². The van der Waals surface area contributed by atoms with Crippen LogP contribution in [-0.4, -0.2) is 140 Å². The molecule has 0 aromatic heterocycles. The van der Waals surface area contributed by atoms with Crippen LogP contribution in [0.3, 0.4) is 0 Å². The van der Waals surface area contributed by atoms with E-state index in [9.17, 15) is 45.6 Å². The molecule has 0 saturated carbocycles. The number of aliphatic hydroxyl groups is 8. The van der Waals surface area contributed by atoms with Crippen LogP contribution in [0.4, 0.5) is 0 Å². The lowest BCUT2D eigenvalue weighted by Gasteiger charge is -2.46. The number of carbonyl (C=O) groups excluding carboxylic acids is 1. The molecule has 0 bridgehead atoms. The van der Waals surface area contributed by atoms with Crippen LogP contribution in [0.5, 0.6) is 0 Å². The normalized spacial score (nSPS) is 23.4. The molecule has 12 atom stereocenters. The van der Waals surface area contributed by atoms with E-state index >= 15 is 0 Å². The summed E-state index contributed by atoms with van der Waals surface area (Å²) < 4.78 is 22.8. The van der Waals surface area contributed by atoms with Crippen molar-refractivity contribution in [3.8, 4) is 0 Å². The van der Waals surface area contributed by atoms with Crippen molar-refractivity contribution in [2.45, 2.75) is 396 Å². The molecule has 2 aliphatic rings. The first-order chi connectivity index (χ1) is 43.1. The number of ether oxygens (including phenoxy) is 4. The molecular formula is C74H137NO13. The van der Waals surface area contributed by atoms with Crippen LogP contribution in [0.2, 0.25) is 0 Å². The Morgan fingerprint density at radius 2 is 0.761 bits per heavy atom. The molecule has 0 radical (unpaired) electrons. The molecule has 12 unspecified atom stereocenters. The number of allylic oxidation sites excluding steroid dienone is 7. The molecule has 0 spiro atoms. The van der Waals surface area contributed by atoms with Gasteiger partial charge in [-0.1, -0.05) is 300 Å². The molecule has 1 amide bonds. The van der Waals surface area contributed by atoms with E-state index in [1.807, 2.05) is 6.08 Å². The molecule has 516 valence electrons. The quantitative estimate of drug-likeness (QED) is 0.0204. The van der Waals surface area contributed by atoms with Gasteiger partial charge in [0, 0.05) is 6.42 Å². The maximum Gasteiger partial charge on any atom is 0.220 e. The lowest BCUT2D eigenvalue weighted by Crippen LogP contribution is -2.65. The van der Waals surface area contributed by atoms with Gasteiger partial charge in [0.15, 0.2) is 12.6 Å². The van der Waals surface area contributed by atoms with Crippen LogP contribution >= 0.6 is 0 Å². The predicted molar refractivity (Wildman–Crippen MR) is 360 cm³/mol. The molecule has 2 fully saturated rings. The highest BCUT2D eigenvalue weighted by atomic mass is 16.7. The van der Waals surface area contributed by atoms with Crippen molar-refractivity contribution in [1.29, 1.82) is 0 Å². The number of nitrogens with one attached hydrogen (secondary N) is 1. The zero-order valence-electron chi connectivity index (χ0n) is 56.2. The van der Waals surface area contributed by atoms with Gasteiger partial charge in [-0.2, -0.15) is 0 Å². The first-order valence-corrected chi connectivity index (χ1v) is 36.9. The SMILES string of the molecule is CCCCCCC/C=C\C/C=C\CCCCCCCCCCCCCCCCCCCCCCCCCCCC(=O)NC(COC1OC(CO)C(OC2OC(CO)C(O)C(O)C2O)C(O)C1O)C(O)/C=C/CC/C=C/CCCCCCCCCCCCC. The lowest BCUT2D eigenvalue weighted by molar-refractivity contribution is -0.359. The van der Waals surface area contributed by atoms with E-state index in [1.165, 1.54) is 250 Å². The first kappa shape index (κ1) is 82.0. The van der Waals surface area contributed by atoms with E-state index in [-0.39, 0.29) is 18.9 Å². The van der Waals surface area contributed by atoms with Crippen LogP contribution in [-0.2, 0) is 23.7 Å². The summed E-state index contributed by atoms with van der Waals surface area (Å²) in [7, 11) is 0. The Morgan fingerprint density at radius 1 is 0.409 bits per heavy atom. The number of hydrogen-bond acceptors (Lipinski definition) is 13. The number of carbonyl (C=O) groups is 1. The van der Waals surface area contributed by atoms with E-state index in [2.05, 4.69) is 55.6 Å². The third-order valence-electron chi connectivity index (χ3n) is 18.0. The van der Waals surface area contributed by atoms with Crippen molar-refractivity contribution in [3.63, 3.8) is 0 Å². The van der Waals surface area contributed by atoms with E-state index in [1.54, 1.807) is 6.08 Å². The molecule has 2 saturated heterocycles. The second-order valence-electron chi connectivity index (χ2n) is 26.1. The van der Waals surface area contributed by atoms with E-state index in [0.717, 1.165) is 38.5 Å². The smallest absolute Gasteiger partial charge is 0.220 e. The van der Waals surface area contributed by atoms with Gasteiger partial charge in [-0.05, 0) is 64.2 Å². The fourth-order valence-corrected chi connectivity index (χ4v) is 12.1. The second-order valence-corrected chi connectivity index (χ2v) is 26.1. The summed E-state index contributed by atoms with van der Waals surface area (Å²) in [5.74, 6) is -0.244. The van der Waals surface area contributed by atoms with Gasteiger partial charge in [0.1, 0.15) is 48.8 Å². The summed E-state index contributed by atoms with van der Waals surface area (Å²) in [6.07, 6.45) is 60.5. The summed E-state index contributed by atoms with van der Waals surface area (Å²) in [5.41, 5.74) is 0. The molecule has 0 aliphatic carbocycles. The van der Waals surface area contributed by atoms with E-state index < -0.39 is 86.8 Å². The van der Waals surface area contributed by atoms with Gasteiger partial charge in [-0.3, -0.25) is 4.79 Å². The van der Waals surface area contributed by atoms with Gasteiger partial charge in [-0.25, -0.2) is 0 Å². The molecule has 2 aliphatic heterocycles. The molecular weight excluding hydrogens is 1110 g/mol. The second kappa shape index (κ2) is 58.7. The van der Waals surface area contributed by atoms with Gasteiger partial charge in [0.25, 0.3) is 0 Å². The Hall–Kier alpha value is -2.05. The minimum atomic E-state index is -1.79. The Kier molecular flexibility index (Phi) is 54.8. The zero-order chi connectivity index (χ0) is 63.8. The summed E-state index contributed by atoms with van der Waals surface area (Å²) in [5, 5.41) is 87.4. The maximum absolute atomic E-state index is 13.3. The summed E-state index contributed by atoms with van der Waals surface area (Å²) in [6, 6.07) is -0.931. The number of unbranched alkanes of at least 4 members (excludes halogenated alkanes) is 42. The Bertz CT molecular complexity index is 1660. The van der Waals surface area contributed by atoms with Crippen LogP contribution in [0.15, 0.2) is 48.6 Å². The predicted octanol–water partition coefficient (Wildman–Crippen LogP) is 15.5. The minimum Gasteiger partial charge on any atom is -0.394 e. The minimum absolute atomic E-state index is 0.244. The third-order valence-corrected chi connectivity index (χ3v) is 18.0. The first-order valence-electron chi connectivity index (χ1n) is 36.9. The number of rotatable bonds is 61. The Balaban J connectivity index is 1.59. The molecule has 14 nitrogen and oxygen atoms in total. The van der Waals surface area contributed by atoms with Crippen molar-refractivity contribution in [2.24, 2.45) is 0 Å². The van der Waals surface area contributed by atoms with Crippen molar-refractivity contribution in [1.82, 2.24) is 5.32 Å². The number of aliphatic hydroxyl groups excluding tert-OH is 8. The number of hydrogen-bond donors (Lipinski definition) is 9. The molecule has 0 aromatic carbocycles. The molecule has 2 rings (SSSR count). The highest BCUT2D eigenvalue weighted by Crippen LogP contribution is 2.30. The maximum atomic E-state index is 13.3. The number of amides is 1. The van der Waals surface area contributed by atoms with Gasteiger partial charge in [-0.15, -0.1) is 0 Å². The monoisotopic (exact) mass is 1250 g/mol. The van der Waals surface area contributed by atoms with Crippen LogP contribution in [0.1, 0.15) is 322 Å². The largest absolute Gasteiger partial charge is 0.394 e. The highest BCUT2D eigenvalue weighted by Gasteiger charge is 2.51. The molecule has 14 heteroatoms. The fourth-order valence-electron chi connectivity index (χ4n) is 12.1. The van der Waals surface area contributed by atoms with E-state index in [4.69, 9.17) is 18.9 Å². The topological polar surface area (TPSA) is 228 Å². The standard InChI is InChI=1S/C74H137NO13/c1-3-5-7-9-11-13-15-17-19-21-22-23-24-25-26-27-28-29-30-31-32-33-34-35-36-37-38-39-40-42-44-46-48-50-52-54-56-58-66(79)75-62(63(78)57-55-53-51-49-47-45-43-41-20-18-16-14-12-10-8-6-4-2)61-85-73-71(84)69(82)72(65(60-77)87-73)88-74-70(83)68(81)67(80)64(59-76)86-74/h15,17,21-22,47,49,55,57,62-65,67-74,76-78,80-84H,3-14,16,18-20,23-46,48,50-54,56,58-61H2,1-2H3,(H,75,79)/b17-15-,22-21-,49-47+,57-55+. The highest BCUT2D eigenvalue weighted by molar-refractivity contribution is 5.76. The molecule has 88 heavy (non-hydrogen) atoms. The van der Waals surface area contributed by atoms with E-state index in [0.29, 0.717) is 12.8 Å². The van der Waals surface area contributed by atoms with Gasteiger partial charge >= 0.3 is 0 Å². The summed E-state index contributed by atoms with van der Waals surface area (Å²) in [4.78, 5) is 13.3. The van der Waals surface area contributed by atoms with Crippen molar-refractivity contribution >= 4 is 5.91 Å². The Morgan fingerprint density at radius 3 is 1.18 bits per heavy atom. The average molecular weight is 1250 g/mol. The zero-order valence-corrected chi connectivity index (χ0v) is 56.2. The van der Waals surface area contributed by atoms with Crippen molar-refractivity contribution in [2.75, 3.05) is 19.8 Å². The average Bonchev–Trinajstić information content (AvgIpc) is 2.07. The lowest BCUT2D eigenvalue weighted by atomic mass is 9.97. The van der Waals surface area contributed by atoms with Crippen LogP contribution < -0.4 is 5.32 Å². The van der Waals surface area contributed by atoms with Crippen molar-refractivity contribution < 1.29 is 64.6 Å². The molecule has 2 heterocycles. The summed E-state index contributed by atoms with van der Waals surface area (Å²) in [6.45, 7) is 2.80. The van der Waals surface area contributed by atoms with Crippen LogP contribution in [0, 0.1) is 0 Å². The Labute approximate surface area is 537 Å². The molecule has 9 N–H and O–H groups in total. The third kappa shape index (κ3) is 42.2. The van der Waals surface area contributed by atoms with Gasteiger partial charge in [0.05, 0.1) is 32.0 Å². The molecule has 0 aromatic rings. The summed E-state index contributed by atoms with van der Waals surface area (Å²) >= 11 is 0. The fraction of sp³-hybridized carbons (Fsp3) is 0.878. The van der Waals surface area contributed by atoms with Gasteiger partial charge in [0.2, 0.25) is 5.91 Å². The van der Waals surface area contributed by atoms with Gasteiger partial charge < -0.3 is 65.1 Å².